The van der Waals surface area contributed by atoms with Crippen molar-refractivity contribution in [3.05, 3.63) is 0 Å². The van der Waals surface area contributed by atoms with E-state index in [-0.39, 0.29) is 6.61 Å². The summed E-state index contributed by atoms with van der Waals surface area (Å²) in [5.74, 6) is -2.30. The quantitative estimate of drug-likeness (QED) is 0.163. The molecule has 4 aliphatic rings. The fourth-order valence-electron chi connectivity index (χ4n) is 4.39. The minimum atomic E-state index is -2.30. The van der Waals surface area contributed by atoms with E-state index in [0.717, 1.165) is 0 Å². The number of rotatable bonds is 7. The van der Waals surface area contributed by atoms with Gasteiger partial charge < -0.3 is 74.4 Å². The van der Waals surface area contributed by atoms with Gasteiger partial charge in [0.15, 0.2) is 12.6 Å². The first-order valence-corrected chi connectivity index (χ1v) is 10.5. The number of aliphatic hydroxyl groups excluding tert-OH is 9. The molecule has 33 heavy (non-hydrogen) atoms. The lowest BCUT2D eigenvalue weighted by molar-refractivity contribution is -0.387. The van der Waals surface area contributed by atoms with Crippen LogP contribution in [0.5, 0.6) is 0 Å². The summed E-state index contributed by atoms with van der Waals surface area (Å²) in [6.45, 7) is -2.14. The van der Waals surface area contributed by atoms with Gasteiger partial charge >= 0.3 is 0 Å². The van der Waals surface area contributed by atoms with Crippen molar-refractivity contribution in [3.8, 4) is 0 Å². The van der Waals surface area contributed by atoms with Crippen LogP contribution in [0.4, 0.5) is 0 Å². The average molecular weight is 486 g/mol. The smallest absolute Gasteiger partial charge is 0.224 e. The number of fused-ring (bicyclic) bond motifs is 2. The molecule has 0 aromatic carbocycles. The highest BCUT2D eigenvalue weighted by Crippen LogP contribution is 2.36. The van der Waals surface area contributed by atoms with Crippen molar-refractivity contribution < 1.29 is 74.4 Å². The second-order valence-corrected chi connectivity index (χ2v) is 8.53. The van der Waals surface area contributed by atoms with Gasteiger partial charge in [-0.05, 0) is 0 Å². The molecule has 4 heterocycles. The zero-order valence-corrected chi connectivity index (χ0v) is 17.3. The van der Waals surface area contributed by atoms with Gasteiger partial charge in [0, 0.05) is 0 Å². The number of ether oxygens (including phenoxy) is 6. The summed E-state index contributed by atoms with van der Waals surface area (Å²) in [5.41, 5.74) is 0. The van der Waals surface area contributed by atoms with E-state index in [4.69, 9.17) is 28.4 Å². The van der Waals surface area contributed by atoms with Crippen LogP contribution in [0, 0.1) is 0 Å². The van der Waals surface area contributed by atoms with Gasteiger partial charge in [-0.1, -0.05) is 0 Å². The van der Waals surface area contributed by atoms with Crippen LogP contribution in [-0.2, 0) is 28.4 Å². The third-order valence-electron chi connectivity index (χ3n) is 6.41. The molecule has 0 aromatic heterocycles. The molecule has 4 rings (SSSR count). The van der Waals surface area contributed by atoms with Crippen molar-refractivity contribution in [1.29, 1.82) is 0 Å². The standard InChI is InChI=1S/C18H30O15/c19-1-5-10(23)15(27)18(4-20,32-5)33-17-12(25)11(24)8(21)6(31-17)3-29-16-13(26)14-9(22)7(30-16)2-28-14/h5-17,19-27H,1-4H2/t5-,6-,7-,8-,9+,10-,11+,12-,13-,14+,15+,16+,17-,18+/m1/s1. The van der Waals surface area contributed by atoms with Crippen molar-refractivity contribution in [2.45, 2.75) is 85.5 Å². The molecular weight excluding hydrogens is 456 g/mol. The van der Waals surface area contributed by atoms with Gasteiger partial charge in [0.2, 0.25) is 5.79 Å². The number of hydrogen-bond acceptors (Lipinski definition) is 15. The van der Waals surface area contributed by atoms with Gasteiger partial charge in [0.05, 0.1) is 19.8 Å². The molecule has 2 bridgehead atoms. The molecule has 192 valence electrons. The first-order chi connectivity index (χ1) is 15.6. The van der Waals surface area contributed by atoms with E-state index in [9.17, 15) is 46.0 Å². The van der Waals surface area contributed by atoms with E-state index >= 15 is 0 Å². The Morgan fingerprint density at radius 2 is 1.48 bits per heavy atom. The first-order valence-electron chi connectivity index (χ1n) is 10.5. The molecule has 15 heteroatoms. The fraction of sp³-hybridized carbons (Fsp3) is 1.00. The molecule has 4 fully saturated rings. The molecule has 0 saturated carbocycles. The minimum absolute atomic E-state index is 0.0539. The van der Waals surface area contributed by atoms with Crippen LogP contribution in [0.15, 0.2) is 0 Å². The maximum atomic E-state index is 10.3. The van der Waals surface area contributed by atoms with Gasteiger partial charge in [0.25, 0.3) is 0 Å². The van der Waals surface area contributed by atoms with Gasteiger partial charge in [-0.3, -0.25) is 0 Å². The predicted octanol–water partition coefficient (Wildman–Crippen LogP) is -6.53. The summed E-state index contributed by atoms with van der Waals surface area (Å²) in [7, 11) is 0. The van der Waals surface area contributed by atoms with E-state index in [1.807, 2.05) is 0 Å². The third-order valence-corrected chi connectivity index (χ3v) is 6.41. The number of aliphatic hydroxyl groups is 9. The predicted molar refractivity (Wildman–Crippen MR) is 97.9 cm³/mol. The van der Waals surface area contributed by atoms with Crippen molar-refractivity contribution in [1.82, 2.24) is 0 Å². The van der Waals surface area contributed by atoms with Crippen LogP contribution in [0.25, 0.3) is 0 Å². The molecule has 0 aliphatic carbocycles. The first kappa shape index (κ1) is 25.5. The Hall–Kier alpha value is -0.600. The summed E-state index contributed by atoms with van der Waals surface area (Å²) in [6.07, 6.45) is -18.5. The van der Waals surface area contributed by atoms with Crippen molar-refractivity contribution in [2.75, 3.05) is 26.4 Å². The molecule has 4 saturated heterocycles. The molecule has 15 nitrogen and oxygen atoms in total. The third kappa shape index (κ3) is 4.42. The summed E-state index contributed by atoms with van der Waals surface area (Å²) in [4.78, 5) is 0. The lowest BCUT2D eigenvalue weighted by Gasteiger charge is -2.44. The van der Waals surface area contributed by atoms with Crippen molar-refractivity contribution in [3.63, 3.8) is 0 Å². The number of hydrogen-bond donors (Lipinski definition) is 9. The summed E-state index contributed by atoms with van der Waals surface area (Å²) < 4.78 is 32.3. The Labute approximate surface area is 187 Å². The maximum absolute atomic E-state index is 10.3. The van der Waals surface area contributed by atoms with Gasteiger partial charge in [-0.25, -0.2) is 0 Å². The van der Waals surface area contributed by atoms with E-state index in [1.165, 1.54) is 0 Å². The molecular formula is C18H30O15. The van der Waals surface area contributed by atoms with Crippen molar-refractivity contribution >= 4 is 0 Å². The lowest BCUT2D eigenvalue weighted by atomic mass is 9.98. The second kappa shape index (κ2) is 9.81. The molecule has 0 unspecified atom stereocenters. The monoisotopic (exact) mass is 486 g/mol. The van der Waals surface area contributed by atoms with Gasteiger partial charge in [-0.2, -0.15) is 0 Å². The summed E-state index contributed by atoms with van der Waals surface area (Å²) in [6, 6.07) is 0. The highest BCUT2D eigenvalue weighted by atomic mass is 16.8. The minimum Gasteiger partial charge on any atom is -0.394 e. The van der Waals surface area contributed by atoms with E-state index in [0.29, 0.717) is 0 Å². The Kier molecular flexibility index (Phi) is 7.57. The zero-order valence-electron chi connectivity index (χ0n) is 17.3. The van der Waals surface area contributed by atoms with E-state index in [1.54, 1.807) is 0 Å². The summed E-state index contributed by atoms with van der Waals surface area (Å²) in [5, 5.41) is 90.3. The molecule has 0 amide bonds. The van der Waals surface area contributed by atoms with Crippen LogP contribution in [0.3, 0.4) is 0 Å². The Balaban J connectivity index is 1.42. The van der Waals surface area contributed by atoms with E-state index < -0.39 is 105 Å². The van der Waals surface area contributed by atoms with Crippen molar-refractivity contribution in [2.24, 2.45) is 0 Å². The maximum Gasteiger partial charge on any atom is 0.224 e. The normalized spacial score (nSPS) is 54.6. The topological polar surface area (TPSA) is 237 Å². The largest absolute Gasteiger partial charge is 0.394 e. The van der Waals surface area contributed by atoms with Crippen LogP contribution < -0.4 is 0 Å². The van der Waals surface area contributed by atoms with Crippen LogP contribution in [0.1, 0.15) is 0 Å². The fourth-order valence-corrected chi connectivity index (χ4v) is 4.39. The highest BCUT2D eigenvalue weighted by molar-refractivity contribution is 4.99. The molecule has 0 radical (unpaired) electrons. The lowest BCUT2D eigenvalue weighted by Crippen LogP contribution is -2.63. The second-order valence-electron chi connectivity index (χ2n) is 8.53. The highest BCUT2D eigenvalue weighted by Gasteiger charge is 2.58. The van der Waals surface area contributed by atoms with Crippen LogP contribution in [0.2, 0.25) is 0 Å². The molecule has 0 spiro atoms. The van der Waals surface area contributed by atoms with Gasteiger partial charge in [0.1, 0.15) is 73.8 Å². The summed E-state index contributed by atoms with van der Waals surface area (Å²) >= 11 is 0. The molecule has 4 aliphatic heterocycles. The van der Waals surface area contributed by atoms with E-state index in [2.05, 4.69) is 0 Å². The molecule has 9 N–H and O–H groups in total. The SMILES string of the molecule is OC[C@H]1O[C@@](CO)(O[C@H]2O[C@H](CO[C@H]3O[C@@H]4CO[C@@H]([C@H]4O)[C@H]3O)[C@@H](O)[C@H](O)[C@H]2O)[C@@H](O)[C@@H]1O. The molecule has 14 atom stereocenters. The Morgan fingerprint density at radius 3 is 2.12 bits per heavy atom. The van der Waals surface area contributed by atoms with Gasteiger partial charge in [-0.15, -0.1) is 0 Å². The van der Waals surface area contributed by atoms with Crippen LogP contribution in [-0.4, -0.2) is 158 Å². The molecule has 0 aromatic rings. The average Bonchev–Trinajstić information content (AvgIpc) is 3.21. The Bertz CT molecular complexity index is 669. The van der Waals surface area contributed by atoms with Crippen LogP contribution >= 0.6 is 0 Å². The zero-order chi connectivity index (χ0) is 24.1. The Morgan fingerprint density at radius 1 is 0.758 bits per heavy atom.